The topological polar surface area (TPSA) is 47.2 Å². The fourth-order valence-corrected chi connectivity index (χ4v) is 1.94. The van der Waals surface area contributed by atoms with Crippen LogP contribution in [0.1, 0.15) is 18.5 Å². The Kier molecular flexibility index (Phi) is 4.65. The van der Waals surface area contributed by atoms with Gasteiger partial charge in [-0.15, -0.1) is 0 Å². The minimum Gasteiger partial charge on any atom is -0.326 e. The fraction of sp³-hybridized carbons (Fsp3) is 0.214. The van der Waals surface area contributed by atoms with Gasteiger partial charge in [0.15, 0.2) is 0 Å². The lowest BCUT2D eigenvalue weighted by atomic mass is 10.1. The number of hydrogen-bond acceptors (Lipinski definition) is 2. The molecule has 0 spiro atoms. The molecule has 0 radical (unpaired) electrons. The maximum Gasteiger partial charge on any atom is 0.473 e. The van der Waals surface area contributed by atoms with Gasteiger partial charge in [-0.1, -0.05) is 23.7 Å². The first-order valence-corrected chi connectivity index (χ1v) is 6.61. The SMILES string of the molecule is CC(c1ccc(Cl)nc1)n1cccc/c1=N/C(=O)C(F)(F)F. The van der Waals surface area contributed by atoms with Crippen LogP contribution in [0.15, 0.2) is 47.7 Å². The third kappa shape index (κ3) is 3.73. The second-order valence-electron chi connectivity index (χ2n) is 4.47. The summed E-state index contributed by atoms with van der Waals surface area (Å²) in [5, 5.41) is 0.311. The number of alkyl halides is 3. The predicted octanol–water partition coefficient (Wildman–Crippen LogP) is 3.14. The molecular weight excluding hydrogens is 319 g/mol. The molecule has 0 saturated heterocycles. The molecule has 1 amide bonds. The molecule has 0 fully saturated rings. The molecule has 0 aliphatic carbocycles. The number of aromatic nitrogens is 2. The summed E-state index contributed by atoms with van der Waals surface area (Å²) in [7, 11) is 0. The van der Waals surface area contributed by atoms with Crippen LogP contribution in [0.3, 0.4) is 0 Å². The highest BCUT2D eigenvalue weighted by atomic mass is 35.5. The van der Waals surface area contributed by atoms with Crippen LogP contribution >= 0.6 is 11.6 Å². The van der Waals surface area contributed by atoms with Gasteiger partial charge in [-0.2, -0.15) is 18.2 Å². The van der Waals surface area contributed by atoms with Crippen LogP contribution in [0.4, 0.5) is 13.2 Å². The molecule has 0 saturated carbocycles. The van der Waals surface area contributed by atoms with E-state index in [0.717, 1.165) is 5.56 Å². The van der Waals surface area contributed by atoms with E-state index in [1.807, 2.05) is 0 Å². The molecule has 2 aromatic rings. The van der Waals surface area contributed by atoms with Gasteiger partial charge in [0.05, 0.1) is 6.04 Å². The Morgan fingerprint density at radius 3 is 2.64 bits per heavy atom. The van der Waals surface area contributed by atoms with Crippen molar-refractivity contribution in [2.24, 2.45) is 4.99 Å². The lowest BCUT2D eigenvalue weighted by Gasteiger charge is -2.16. The molecule has 0 N–H and O–H groups in total. The Morgan fingerprint density at radius 2 is 2.05 bits per heavy atom. The van der Waals surface area contributed by atoms with Gasteiger partial charge in [-0.3, -0.25) is 4.79 Å². The molecule has 1 unspecified atom stereocenters. The maximum absolute atomic E-state index is 12.4. The predicted molar refractivity (Wildman–Crippen MR) is 74.1 cm³/mol. The van der Waals surface area contributed by atoms with Crippen LogP contribution in [-0.4, -0.2) is 21.6 Å². The summed E-state index contributed by atoms with van der Waals surface area (Å²) in [4.78, 5) is 18.1. The highest BCUT2D eigenvalue weighted by Crippen LogP contribution is 2.18. The Morgan fingerprint density at radius 1 is 1.32 bits per heavy atom. The lowest BCUT2D eigenvalue weighted by molar-refractivity contribution is -0.169. The van der Waals surface area contributed by atoms with Crippen molar-refractivity contribution in [2.45, 2.75) is 19.1 Å². The Hall–Kier alpha value is -2.15. The first-order chi connectivity index (χ1) is 10.3. The van der Waals surface area contributed by atoms with E-state index in [1.165, 1.54) is 22.9 Å². The van der Waals surface area contributed by atoms with Crippen molar-refractivity contribution < 1.29 is 18.0 Å². The summed E-state index contributed by atoms with van der Waals surface area (Å²) in [6.45, 7) is 1.75. The molecule has 4 nitrogen and oxygen atoms in total. The molecular formula is C14H11ClF3N3O. The van der Waals surface area contributed by atoms with Crippen LogP contribution in [0.2, 0.25) is 5.15 Å². The smallest absolute Gasteiger partial charge is 0.326 e. The van der Waals surface area contributed by atoms with Gasteiger partial charge in [0.1, 0.15) is 10.6 Å². The van der Waals surface area contributed by atoms with Crippen molar-refractivity contribution in [1.82, 2.24) is 9.55 Å². The molecule has 2 aromatic heterocycles. The van der Waals surface area contributed by atoms with Gasteiger partial charge in [-0.25, -0.2) is 4.98 Å². The lowest BCUT2D eigenvalue weighted by Crippen LogP contribution is -2.29. The van der Waals surface area contributed by atoms with Crippen LogP contribution in [-0.2, 0) is 4.79 Å². The van der Waals surface area contributed by atoms with Gasteiger partial charge in [0.2, 0.25) is 0 Å². The molecule has 8 heteroatoms. The van der Waals surface area contributed by atoms with Crippen LogP contribution in [0.5, 0.6) is 0 Å². The van der Waals surface area contributed by atoms with E-state index < -0.39 is 12.1 Å². The monoisotopic (exact) mass is 329 g/mol. The zero-order valence-corrected chi connectivity index (χ0v) is 12.1. The van der Waals surface area contributed by atoms with E-state index in [9.17, 15) is 18.0 Å². The molecule has 0 aliphatic heterocycles. The third-order valence-corrected chi connectivity index (χ3v) is 3.20. The molecule has 0 bridgehead atoms. The van der Waals surface area contributed by atoms with Gasteiger partial charge in [0.25, 0.3) is 0 Å². The van der Waals surface area contributed by atoms with Crippen LogP contribution in [0.25, 0.3) is 0 Å². The highest BCUT2D eigenvalue weighted by Gasteiger charge is 2.38. The van der Waals surface area contributed by atoms with Gasteiger partial charge >= 0.3 is 12.1 Å². The number of hydrogen-bond donors (Lipinski definition) is 0. The van der Waals surface area contributed by atoms with E-state index in [4.69, 9.17) is 11.6 Å². The van der Waals surface area contributed by atoms with Crippen LogP contribution < -0.4 is 5.49 Å². The van der Waals surface area contributed by atoms with Crippen molar-refractivity contribution >= 4 is 17.5 Å². The number of pyridine rings is 2. The van der Waals surface area contributed by atoms with E-state index in [0.29, 0.717) is 5.15 Å². The number of carbonyl (C=O) groups is 1. The third-order valence-electron chi connectivity index (χ3n) is 2.98. The molecule has 2 rings (SSSR count). The van der Waals surface area contributed by atoms with Crippen LogP contribution in [0, 0.1) is 0 Å². The van der Waals surface area contributed by atoms with Gasteiger partial charge in [-0.05, 0) is 30.7 Å². The summed E-state index contributed by atoms with van der Waals surface area (Å²) in [5.41, 5.74) is 0.629. The quantitative estimate of drug-likeness (QED) is 0.795. The van der Waals surface area contributed by atoms with E-state index in [1.54, 1.807) is 31.3 Å². The Bertz CT molecular complexity index is 738. The second kappa shape index (κ2) is 6.31. The molecule has 0 aliphatic rings. The summed E-state index contributed by atoms with van der Waals surface area (Å²) in [6, 6.07) is 7.39. The molecule has 22 heavy (non-hydrogen) atoms. The maximum atomic E-state index is 12.4. The fourth-order valence-electron chi connectivity index (χ4n) is 1.83. The van der Waals surface area contributed by atoms with Crippen molar-refractivity contribution in [3.63, 3.8) is 0 Å². The first kappa shape index (κ1) is 16.2. The van der Waals surface area contributed by atoms with Crippen molar-refractivity contribution in [3.05, 3.63) is 58.9 Å². The average molecular weight is 330 g/mol. The molecule has 116 valence electrons. The van der Waals surface area contributed by atoms with E-state index in [2.05, 4.69) is 9.98 Å². The minimum atomic E-state index is -5.00. The van der Waals surface area contributed by atoms with Crippen molar-refractivity contribution in [3.8, 4) is 0 Å². The zero-order chi connectivity index (χ0) is 16.3. The van der Waals surface area contributed by atoms with Gasteiger partial charge < -0.3 is 4.57 Å². The zero-order valence-electron chi connectivity index (χ0n) is 11.4. The summed E-state index contributed by atoms with van der Waals surface area (Å²) in [6.07, 6.45) is -1.94. The number of carbonyl (C=O) groups excluding carboxylic acids is 1. The number of rotatable bonds is 2. The van der Waals surface area contributed by atoms with E-state index >= 15 is 0 Å². The summed E-state index contributed by atoms with van der Waals surface area (Å²) >= 11 is 5.71. The molecule has 1 atom stereocenters. The first-order valence-electron chi connectivity index (χ1n) is 6.23. The van der Waals surface area contributed by atoms with Crippen molar-refractivity contribution in [2.75, 3.05) is 0 Å². The number of amides is 1. The Labute approximate surface area is 128 Å². The molecule has 0 aromatic carbocycles. The Balaban J connectivity index is 2.46. The minimum absolute atomic E-state index is 0.0905. The van der Waals surface area contributed by atoms with Crippen molar-refractivity contribution in [1.29, 1.82) is 0 Å². The average Bonchev–Trinajstić information content (AvgIpc) is 2.47. The van der Waals surface area contributed by atoms with E-state index in [-0.39, 0.29) is 11.5 Å². The largest absolute Gasteiger partial charge is 0.473 e. The summed E-state index contributed by atoms with van der Waals surface area (Å²) < 4.78 is 38.5. The summed E-state index contributed by atoms with van der Waals surface area (Å²) in [5.74, 6) is -2.14. The standard InChI is InChI=1S/C14H11ClF3N3O/c1-9(10-5-6-11(15)19-8-10)21-7-3-2-4-12(21)20-13(22)14(16,17)18/h2-9H,1H3/b20-12-. The number of halogens is 4. The number of nitrogens with zero attached hydrogens (tertiary/aromatic N) is 3. The normalized spacial score (nSPS) is 14.0. The van der Waals surface area contributed by atoms with Gasteiger partial charge in [0, 0.05) is 12.4 Å². The second-order valence-corrected chi connectivity index (χ2v) is 4.86. The molecule has 2 heterocycles. The highest BCUT2D eigenvalue weighted by molar-refractivity contribution is 6.29.